The molecule has 11 nitrogen and oxygen atoms in total. The molecule has 4 aliphatic heterocycles. The number of anilines is 1. The van der Waals surface area contributed by atoms with Gasteiger partial charge in [-0.25, -0.2) is 0 Å². The maximum Gasteiger partial charge on any atom is 0.260 e. The van der Waals surface area contributed by atoms with E-state index in [0.717, 1.165) is 30.2 Å². The molecule has 6 aliphatic rings. The van der Waals surface area contributed by atoms with Gasteiger partial charge in [0.05, 0.1) is 47.3 Å². The number of nitrogens with one attached hydrogen (secondary N) is 1. The molecule has 1 saturated carbocycles. The Hall–Kier alpha value is -5.62. The number of carbonyl (C=O) groups excluding carboxylic acids is 4. The van der Waals surface area contributed by atoms with E-state index in [1.165, 1.54) is 11.6 Å². The number of methoxy groups -OCH3 is 1. The summed E-state index contributed by atoms with van der Waals surface area (Å²) in [7, 11) is 1.56. The van der Waals surface area contributed by atoms with Crippen molar-refractivity contribution in [1.82, 2.24) is 14.8 Å². The molecular weight excluding hydrogens is 815 g/mol. The molecule has 6 atom stereocenters. The lowest BCUT2D eigenvalue weighted by Gasteiger charge is -2.51. The first kappa shape index (κ1) is 39.5. The molecule has 4 amide bonds. The second kappa shape index (κ2) is 15.4. The lowest BCUT2D eigenvalue weighted by molar-refractivity contribution is -0.144. The summed E-state index contributed by atoms with van der Waals surface area (Å²) in [6.07, 6.45) is 5.84. The topological polar surface area (TPSA) is 129 Å². The Kier molecular flexibility index (Phi) is 9.96. The van der Waals surface area contributed by atoms with E-state index in [1.54, 1.807) is 60.7 Å². The van der Waals surface area contributed by atoms with Crippen LogP contribution in [0.1, 0.15) is 42.4 Å². The molecule has 4 heterocycles. The van der Waals surface area contributed by atoms with Crippen LogP contribution in [-0.4, -0.2) is 69.8 Å². The van der Waals surface area contributed by atoms with Crippen LogP contribution < -0.4 is 14.9 Å². The van der Waals surface area contributed by atoms with Gasteiger partial charge in [-0.05, 0) is 96.8 Å². The van der Waals surface area contributed by atoms with Crippen molar-refractivity contribution in [3.63, 3.8) is 0 Å². The Balaban J connectivity index is 1.06. The van der Waals surface area contributed by atoms with Crippen molar-refractivity contribution in [1.29, 1.82) is 0 Å². The summed E-state index contributed by atoms with van der Waals surface area (Å²) in [4.78, 5) is 64.2. The number of piperidine rings is 1. The second-order valence-corrected chi connectivity index (χ2v) is 17.9. The molecular formula is C48H44Cl2N4O7. The summed E-state index contributed by atoms with van der Waals surface area (Å²) in [5, 5.41) is 12.2. The summed E-state index contributed by atoms with van der Waals surface area (Å²) in [5.41, 5.74) is 5.92. The van der Waals surface area contributed by atoms with E-state index in [-0.39, 0.29) is 35.0 Å². The number of hydrazine groups is 1. The number of carbonyl (C=O) groups is 4. The summed E-state index contributed by atoms with van der Waals surface area (Å²) in [6, 6.07) is 26.9. The van der Waals surface area contributed by atoms with Gasteiger partial charge in [-0.2, -0.15) is 5.01 Å². The lowest BCUT2D eigenvalue weighted by atomic mass is 9.48. The van der Waals surface area contributed by atoms with E-state index in [2.05, 4.69) is 28.5 Å². The fourth-order valence-electron chi connectivity index (χ4n) is 11.2. The van der Waals surface area contributed by atoms with E-state index >= 15 is 9.59 Å². The number of phenolic OH excluding ortho intramolecular Hbond substituents is 1. The zero-order valence-corrected chi connectivity index (χ0v) is 34.9. The highest BCUT2D eigenvalue weighted by Gasteiger charge is 2.71. The molecule has 10 rings (SSSR count). The third-order valence-corrected chi connectivity index (χ3v) is 14.5. The average molecular weight is 860 g/mol. The quantitative estimate of drug-likeness (QED) is 0.135. The van der Waals surface area contributed by atoms with Crippen LogP contribution in [-0.2, 0) is 37.6 Å². The summed E-state index contributed by atoms with van der Waals surface area (Å²) in [6.45, 7) is 2.33. The van der Waals surface area contributed by atoms with Gasteiger partial charge in [0.1, 0.15) is 17.2 Å². The fourth-order valence-corrected chi connectivity index (χ4v) is 11.7. The van der Waals surface area contributed by atoms with Crippen molar-refractivity contribution in [2.24, 2.45) is 29.6 Å². The van der Waals surface area contributed by atoms with E-state index in [4.69, 9.17) is 32.7 Å². The highest BCUT2D eigenvalue weighted by Crippen LogP contribution is 2.63. The molecule has 0 aromatic heterocycles. The first-order valence-electron chi connectivity index (χ1n) is 20.8. The van der Waals surface area contributed by atoms with Gasteiger partial charge in [0, 0.05) is 48.6 Å². The third kappa shape index (κ3) is 6.43. The zero-order valence-electron chi connectivity index (χ0n) is 33.4. The maximum atomic E-state index is 15.7. The maximum absolute atomic E-state index is 15.7. The Morgan fingerprint density at radius 3 is 2.39 bits per heavy atom. The third-order valence-electron chi connectivity index (χ3n) is 13.9. The van der Waals surface area contributed by atoms with Crippen LogP contribution in [0.25, 0.3) is 0 Å². The molecule has 61 heavy (non-hydrogen) atoms. The number of allylic oxidation sites excluding steroid dienone is 3. The minimum absolute atomic E-state index is 0.0657. The number of aromatic hydroxyl groups is 1. The predicted molar refractivity (Wildman–Crippen MR) is 228 cm³/mol. The normalized spacial score (nSPS) is 27.4. The van der Waals surface area contributed by atoms with Gasteiger partial charge in [-0.1, -0.05) is 77.3 Å². The molecule has 4 fully saturated rings. The van der Waals surface area contributed by atoms with Crippen LogP contribution in [0.5, 0.6) is 17.2 Å². The summed E-state index contributed by atoms with van der Waals surface area (Å²) < 4.78 is 11.8. The Morgan fingerprint density at radius 1 is 0.885 bits per heavy atom. The molecule has 0 unspecified atom stereocenters. The second-order valence-electron chi connectivity index (χ2n) is 17.0. The highest BCUT2D eigenvalue weighted by atomic mass is 35.5. The smallest absolute Gasteiger partial charge is 0.260 e. The highest BCUT2D eigenvalue weighted by molar-refractivity contribution is 6.36. The van der Waals surface area contributed by atoms with Crippen molar-refractivity contribution in [2.45, 2.75) is 50.1 Å². The fraction of sp³-hybridized carbons (Fsp3) is 0.333. The van der Waals surface area contributed by atoms with E-state index in [1.807, 2.05) is 30.3 Å². The monoisotopic (exact) mass is 858 g/mol. The number of hydrogen-bond donors (Lipinski definition) is 2. The van der Waals surface area contributed by atoms with Gasteiger partial charge in [0.15, 0.2) is 0 Å². The Bertz CT molecular complexity index is 2520. The van der Waals surface area contributed by atoms with E-state index in [0.29, 0.717) is 64.6 Å². The molecule has 13 heteroatoms. The largest absolute Gasteiger partial charge is 0.508 e. The first-order chi connectivity index (χ1) is 29.6. The Labute approximate surface area is 363 Å². The Morgan fingerprint density at radius 2 is 1.66 bits per heavy atom. The molecule has 0 bridgehead atoms. The molecule has 4 aromatic rings. The van der Waals surface area contributed by atoms with Crippen molar-refractivity contribution in [2.75, 3.05) is 25.6 Å². The van der Waals surface area contributed by atoms with Crippen molar-refractivity contribution in [3.05, 3.63) is 141 Å². The average Bonchev–Trinajstić information content (AvgIpc) is 3.65. The number of likely N-dealkylation sites (tertiary alicyclic amines) is 2. The van der Waals surface area contributed by atoms with E-state index in [9.17, 15) is 14.7 Å². The molecule has 2 N–H and O–H groups in total. The van der Waals surface area contributed by atoms with Crippen molar-refractivity contribution < 1.29 is 33.8 Å². The van der Waals surface area contributed by atoms with Crippen molar-refractivity contribution >= 4 is 52.5 Å². The SMILES string of the molecule is COc1ccc([C@@]23C(=O)N(Nc4ccc(Cl)cc4Cl)C(=O)[C@@H]2C[C@@H]2C(=CC[C@@H]4C(=O)N(C5CCN(Cc6ccccc6)CC5)C(=O)[C@@H]42)[C@@H]3C2=COc3ccc(O)cc3C2)cc1. The summed E-state index contributed by atoms with van der Waals surface area (Å²) >= 11 is 12.9. The molecule has 3 saturated heterocycles. The number of phenols is 1. The summed E-state index contributed by atoms with van der Waals surface area (Å²) in [5.74, 6) is -3.68. The predicted octanol–water partition coefficient (Wildman–Crippen LogP) is 7.71. The lowest BCUT2D eigenvalue weighted by Crippen LogP contribution is -2.55. The van der Waals surface area contributed by atoms with Gasteiger partial charge < -0.3 is 14.6 Å². The molecule has 0 spiro atoms. The van der Waals surface area contributed by atoms with Crippen LogP contribution in [0.15, 0.2) is 114 Å². The number of fused-ring (bicyclic) bond motifs is 5. The van der Waals surface area contributed by atoms with Gasteiger partial charge in [-0.3, -0.25) is 34.4 Å². The molecule has 2 aliphatic carbocycles. The number of hydrogen-bond acceptors (Lipinski definition) is 9. The minimum atomic E-state index is -1.52. The first-order valence-corrected chi connectivity index (χ1v) is 21.6. The van der Waals surface area contributed by atoms with Crippen LogP contribution >= 0.6 is 23.2 Å². The van der Waals surface area contributed by atoms with Crippen LogP contribution in [0.3, 0.4) is 0 Å². The number of benzene rings is 4. The van der Waals surface area contributed by atoms with Crippen LogP contribution in [0, 0.1) is 29.6 Å². The number of amides is 4. The van der Waals surface area contributed by atoms with Crippen LogP contribution in [0.2, 0.25) is 10.0 Å². The molecule has 312 valence electrons. The molecule has 0 radical (unpaired) electrons. The number of rotatable bonds is 8. The van der Waals surface area contributed by atoms with Gasteiger partial charge >= 0.3 is 0 Å². The number of imide groups is 2. The van der Waals surface area contributed by atoms with Gasteiger partial charge in [0.2, 0.25) is 11.8 Å². The van der Waals surface area contributed by atoms with Gasteiger partial charge in [0.25, 0.3) is 11.8 Å². The zero-order chi connectivity index (χ0) is 42.2. The van der Waals surface area contributed by atoms with Crippen molar-refractivity contribution in [3.8, 4) is 17.2 Å². The standard InChI is InChI=1S/C48H44Cl2N4O7/c1-60-34-11-7-30(8-12-34)48-38(45(57)54(47(48)59)51-40-15-9-31(49)23-39(40)50)24-37-35(43(48)29-21-28-22-33(55)10-16-41(28)61-26-29)13-14-36-42(37)46(58)53(44(36)56)32-17-19-52(20-18-32)25-27-5-3-2-4-6-27/h2-13,15-16,22-23,26,32,36-38,42-43,51,55H,14,17-21,24-25H2,1H3/t36-,37+,38-,42-,43-,48+/m0/s1. The van der Waals surface area contributed by atoms with Gasteiger partial charge in [-0.15, -0.1) is 0 Å². The van der Waals surface area contributed by atoms with E-state index < -0.39 is 46.8 Å². The number of halogens is 2. The number of ether oxygens (including phenoxy) is 2. The molecule has 4 aromatic carbocycles. The van der Waals surface area contributed by atoms with Crippen LogP contribution in [0.4, 0.5) is 5.69 Å². The number of nitrogens with zero attached hydrogens (tertiary/aromatic N) is 3. The minimum Gasteiger partial charge on any atom is -0.508 e.